The van der Waals surface area contributed by atoms with Crippen LogP contribution in [0.2, 0.25) is 0 Å². The molecule has 0 amide bonds. The van der Waals surface area contributed by atoms with Crippen LogP contribution in [0.15, 0.2) is 23.2 Å². The summed E-state index contributed by atoms with van der Waals surface area (Å²) in [5, 5.41) is 6.67. The summed E-state index contributed by atoms with van der Waals surface area (Å²) >= 11 is 0. The standard InChI is InChI=1S/C19H31N3O2/c1-15-5-6-16(13-18(15)23-3)9-11-22-19(20-2)21-10-4-12-24-14-17-7-8-17/h5-6,13,17H,4,7-12,14H2,1-3H3,(H2,20,21,22). The molecule has 2 N–H and O–H groups in total. The summed E-state index contributed by atoms with van der Waals surface area (Å²) in [6.07, 6.45) is 4.63. The zero-order valence-electron chi connectivity index (χ0n) is 15.2. The van der Waals surface area contributed by atoms with Gasteiger partial charge in [0.2, 0.25) is 0 Å². The molecule has 134 valence electrons. The summed E-state index contributed by atoms with van der Waals surface area (Å²) in [7, 11) is 3.51. The smallest absolute Gasteiger partial charge is 0.190 e. The summed E-state index contributed by atoms with van der Waals surface area (Å²) < 4.78 is 11.0. The molecule has 1 aliphatic rings. The Morgan fingerprint density at radius 1 is 1.25 bits per heavy atom. The number of guanidine groups is 1. The van der Waals surface area contributed by atoms with Crippen LogP contribution in [0.5, 0.6) is 5.75 Å². The lowest BCUT2D eigenvalue weighted by molar-refractivity contribution is 0.123. The van der Waals surface area contributed by atoms with Gasteiger partial charge < -0.3 is 20.1 Å². The molecule has 1 saturated carbocycles. The Hall–Kier alpha value is -1.75. The molecule has 2 rings (SSSR count). The number of nitrogens with one attached hydrogen (secondary N) is 2. The Morgan fingerprint density at radius 3 is 2.75 bits per heavy atom. The minimum atomic E-state index is 0.823. The maximum absolute atomic E-state index is 5.63. The van der Waals surface area contributed by atoms with Crippen molar-refractivity contribution in [1.29, 1.82) is 0 Å². The first-order valence-corrected chi connectivity index (χ1v) is 8.88. The monoisotopic (exact) mass is 333 g/mol. The maximum Gasteiger partial charge on any atom is 0.190 e. The second-order valence-corrected chi connectivity index (χ2v) is 6.35. The van der Waals surface area contributed by atoms with Gasteiger partial charge in [0.25, 0.3) is 0 Å². The predicted octanol–water partition coefficient (Wildman–Crippen LogP) is 2.53. The highest BCUT2D eigenvalue weighted by atomic mass is 16.5. The number of aryl methyl sites for hydroxylation is 1. The number of benzene rings is 1. The second kappa shape index (κ2) is 10.2. The second-order valence-electron chi connectivity index (χ2n) is 6.35. The lowest BCUT2D eigenvalue weighted by Crippen LogP contribution is -2.39. The molecular weight excluding hydrogens is 302 g/mol. The summed E-state index contributed by atoms with van der Waals surface area (Å²) in [6, 6.07) is 6.35. The summed E-state index contributed by atoms with van der Waals surface area (Å²) in [4.78, 5) is 4.25. The van der Waals surface area contributed by atoms with Crippen LogP contribution in [0.4, 0.5) is 0 Å². The number of hydrogen-bond donors (Lipinski definition) is 2. The minimum Gasteiger partial charge on any atom is -0.496 e. The van der Waals surface area contributed by atoms with Crippen LogP contribution in [0.3, 0.4) is 0 Å². The van der Waals surface area contributed by atoms with Gasteiger partial charge in [0, 0.05) is 33.4 Å². The molecule has 5 nitrogen and oxygen atoms in total. The fraction of sp³-hybridized carbons (Fsp3) is 0.632. The molecule has 0 unspecified atom stereocenters. The van der Waals surface area contributed by atoms with Crippen LogP contribution in [-0.4, -0.2) is 46.4 Å². The molecular formula is C19H31N3O2. The number of aliphatic imine (C=N–C) groups is 1. The van der Waals surface area contributed by atoms with Crippen molar-refractivity contribution in [1.82, 2.24) is 10.6 Å². The fourth-order valence-corrected chi connectivity index (χ4v) is 2.48. The van der Waals surface area contributed by atoms with Crippen molar-refractivity contribution in [3.63, 3.8) is 0 Å². The SMILES string of the molecule is CN=C(NCCCOCC1CC1)NCCc1ccc(C)c(OC)c1. The molecule has 1 aromatic rings. The molecule has 0 spiro atoms. The number of methoxy groups -OCH3 is 1. The van der Waals surface area contributed by atoms with Crippen LogP contribution in [0, 0.1) is 12.8 Å². The van der Waals surface area contributed by atoms with Crippen molar-refractivity contribution >= 4 is 5.96 Å². The zero-order chi connectivity index (χ0) is 17.2. The highest BCUT2D eigenvalue weighted by Crippen LogP contribution is 2.28. The lowest BCUT2D eigenvalue weighted by Gasteiger charge is -2.12. The van der Waals surface area contributed by atoms with Crippen LogP contribution < -0.4 is 15.4 Å². The van der Waals surface area contributed by atoms with E-state index >= 15 is 0 Å². The lowest BCUT2D eigenvalue weighted by atomic mass is 10.1. The van der Waals surface area contributed by atoms with E-state index in [4.69, 9.17) is 9.47 Å². The molecule has 0 atom stereocenters. The first-order chi connectivity index (χ1) is 11.7. The number of ether oxygens (including phenoxy) is 2. The third-order valence-corrected chi connectivity index (χ3v) is 4.21. The molecule has 1 fully saturated rings. The van der Waals surface area contributed by atoms with Crippen molar-refractivity contribution in [2.45, 2.75) is 32.6 Å². The third kappa shape index (κ3) is 6.79. The third-order valence-electron chi connectivity index (χ3n) is 4.21. The topological polar surface area (TPSA) is 54.9 Å². The van der Waals surface area contributed by atoms with Crippen molar-refractivity contribution in [3.8, 4) is 5.75 Å². The van der Waals surface area contributed by atoms with Gasteiger partial charge >= 0.3 is 0 Å². The minimum absolute atomic E-state index is 0.823. The van der Waals surface area contributed by atoms with Crippen LogP contribution in [0.1, 0.15) is 30.4 Å². The van der Waals surface area contributed by atoms with Gasteiger partial charge in [-0.2, -0.15) is 0 Å². The average Bonchev–Trinajstić information content (AvgIpc) is 3.42. The van der Waals surface area contributed by atoms with E-state index in [1.807, 2.05) is 0 Å². The Kier molecular flexibility index (Phi) is 7.89. The van der Waals surface area contributed by atoms with Gasteiger partial charge in [-0.1, -0.05) is 12.1 Å². The summed E-state index contributed by atoms with van der Waals surface area (Å²) in [6.45, 7) is 5.53. The largest absolute Gasteiger partial charge is 0.496 e. The van der Waals surface area contributed by atoms with Crippen molar-refractivity contribution < 1.29 is 9.47 Å². The maximum atomic E-state index is 5.63. The molecule has 24 heavy (non-hydrogen) atoms. The quantitative estimate of drug-likeness (QED) is 0.392. The predicted molar refractivity (Wildman–Crippen MR) is 99.0 cm³/mol. The van der Waals surface area contributed by atoms with Crippen LogP contribution >= 0.6 is 0 Å². The molecule has 0 aromatic heterocycles. The van der Waals surface area contributed by atoms with Crippen LogP contribution in [0.25, 0.3) is 0 Å². The fourth-order valence-electron chi connectivity index (χ4n) is 2.48. The van der Waals surface area contributed by atoms with E-state index < -0.39 is 0 Å². The van der Waals surface area contributed by atoms with E-state index in [0.717, 1.165) is 62.3 Å². The van der Waals surface area contributed by atoms with Gasteiger partial charge in [-0.25, -0.2) is 0 Å². The number of nitrogens with zero attached hydrogens (tertiary/aromatic N) is 1. The molecule has 0 saturated heterocycles. The summed E-state index contributed by atoms with van der Waals surface area (Å²) in [5.74, 6) is 2.63. The molecule has 1 aliphatic carbocycles. The van der Waals surface area contributed by atoms with Crippen molar-refractivity contribution in [2.75, 3.05) is 40.5 Å². The molecule has 5 heteroatoms. The van der Waals surface area contributed by atoms with Gasteiger partial charge in [0.1, 0.15) is 5.75 Å². The highest BCUT2D eigenvalue weighted by molar-refractivity contribution is 5.79. The van der Waals surface area contributed by atoms with E-state index in [1.165, 1.54) is 18.4 Å². The Morgan fingerprint density at radius 2 is 2.04 bits per heavy atom. The Balaban J connectivity index is 1.58. The average molecular weight is 333 g/mol. The van der Waals surface area contributed by atoms with Gasteiger partial charge in [0.05, 0.1) is 7.11 Å². The van der Waals surface area contributed by atoms with Crippen molar-refractivity contribution in [2.24, 2.45) is 10.9 Å². The van der Waals surface area contributed by atoms with E-state index in [1.54, 1.807) is 14.2 Å². The summed E-state index contributed by atoms with van der Waals surface area (Å²) in [5.41, 5.74) is 2.42. The Labute approximate surface area is 145 Å². The van der Waals surface area contributed by atoms with Crippen molar-refractivity contribution in [3.05, 3.63) is 29.3 Å². The molecule has 0 aliphatic heterocycles. The van der Waals surface area contributed by atoms with E-state index in [9.17, 15) is 0 Å². The molecule has 0 heterocycles. The first kappa shape index (κ1) is 18.6. The molecule has 0 bridgehead atoms. The van der Waals surface area contributed by atoms with Gasteiger partial charge in [0.15, 0.2) is 5.96 Å². The highest BCUT2D eigenvalue weighted by Gasteiger charge is 2.20. The Bertz CT molecular complexity index is 527. The normalized spacial score (nSPS) is 14.5. The van der Waals surface area contributed by atoms with Gasteiger partial charge in [-0.3, -0.25) is 4.99 Å². The zero-order valence-corrected chi connectivity index (χ0v) is 15.2. The number of rotatable bonds is 10. The van der Waals surface area contributed by atoms with Gasteiger partial charge in [-0.15, -0.1) is 0 Å². The van der Waals surface area contributed by atoms with E-state index in [2.05, 4.69) is 40.7 Å². The molecule has 1 aromatic carbocycles. The van der Waals surface area contributed by atoms with Gasteiger partial charge in [-0.05, 0) is 55.7 Å². The van der Waals surface area contributed by atoms with Crippen LogP contribution in [-0.2, 0) is 11.2 Å². The van der Waals surface area contributed by atoms with E-state index in [-0.39, 0.29) is 0 Å². The first-order valence-electron chi connectivity index (χ1n) is 8.88. The number of hydrogen-bond acceptors (Lipinski definition) is 3. The molecule has 0 radical (unpaired) electrons. The van der Waals surface area contributed by atoms with E-state index in [0.29, 0.717) is 0 Å².